The first-order chi connectivity index (χ1) is 11.2. The van der Waals surface area contributed by atoms with Crippen LogP contribution in [0.1, 0.15) is 5.56 Å². The molecule has 24 heavy (non-hydrogen) atoms. The number of urea groups is 1. The number of alkyl halides is 3. The molecule has 1 aromatic carbocycles. The van der Waals surface area contributed by atoms with Crippen LogP contribution in [0.5, 0.6) is 0 Å². The summed E-state index contributed by atoms with van der Waals surface area (Å²) in [6, 6.07) is 4.51. The molecule has 0 atom stereocenters. The zero-order valence-corrected chi connectivity index (χ0v) is 11.7. The topological polar surface area (TPSA) is 117 Å². The van der Waals surface area contributed by atoms with Gasteiger partial charge in [0.1, 0.15) is 11.4 Å². The lowest BCUT2D eigenvalue weighted by Crippen LogP contribution is -2.25. The Balaban J connectivity index is 2.22. The van der Waals surface area contributed by atoms with Gasteiger partial charge in [-0.25, -0.2) is 4.79 Å². The third-order valence-electron chi connectivity index (χ3n) is 2.83. The van der Waals surface area contributed by atoms with Gasteiger partial charge in [0, 0.05) is 12.3 Å². The van der Waals surface area contributed by atoms with Crippen LogP contribution < -0.4 is 16.2 Å². The van der Waals surface area contributed by atoms with Crippen LogP contribution in [0.3, 0.4) is 0 Å². The fourth-order valence-electron chi connectivity index (χ4n) is 1.75. The first-order valence-electron chi connectivity index (χ1n) is 6.30. The molecule has 0 aliphatic heterocycles. The zero-order chi connectivity index (χ0) is 17.9. The van der Waals surface area contributed by atoms with Crippen molar-refractivity contribution in [1.82, 2.24) is 4.98 Å². The number of halogens is 3. The quantitative estimate of drug-likeness (QED) is 0.587. The number of nitrogens with one attached hydrogen (secondary N) is 3. The van der Waals surface area contributed by atoms with E-state index >= 15 is 0 Å². The molecule has 1 aromatic heterocycles. The number of hydrogen-bond donors (Lipinski definition) is 3. The van der Waals surface area contributed by atoms with E-state index in [1.807, 2.05) is 10.3 Å². The molecule has 0 radical (unpaired) electrons. The van der Waals surface area contributed by atoms with Crippen molar-refractivity contribution in [3.8, 4) is 0 Å². The Bertz CT molecular complexity index is 848. The Labute approximate surface area is 131 Å². The summed E-state index contributed by atoms with van der Waals surface area (Å²) < 4.78 is 37.8. The molecule has 3 N–H and O–H groups in total. The number of aromatic nitrogens is 1. The lowest BCUT2D eigenvalue weighted by atomic mass is 10.2. The number of para-hydroxylation sites is 2. The summed E-state index contributed by atoms with van der Waals surface area (Å²) in [6.07, 6.45) is -4.25. The van der Waals surface area contributed by atoms with Gasteiger partial charge in [0.15, 0.2) is 0 Å². The number of pyridine rings is 1. The van der Waals surface area contributed by atoms with Crippen molar-refractivity contribution < 1.29 is 22.9 Å². The van der Waals surface area contributed by atoms with Gasteiger partial charge in [0.05, 0.1) is 10.5 Å². The molecule has 2 rings (SSSR count). The molecule has 0 saturated carbocycles. The van der Waals surface area contributed by atoms with E-state index < -0.39 is 39.6 Å². The monoisotopic (exact) mass is 342 g/mol. The molecule has 0 saturated heterocycles. The smallest absolute Gasteiger partial charge is 0.327 e. The minimum Gasteiger partial charge on any atom is -0.327 e. The summed E-state index contributed by atoms with van der Waals surface area (Å²) in [5.41, 5.74) is -3.36. The Hall–Kier alpha value is -3.37. The van der Waals surface area contributed by atoms with Crippen molar-refractivity contribution in [3.63, 3.8) is 0 Å². The van der Waals surface area contributed by atoms with Gasteiger partial charge in [-0.1, -0.05) is 12.1 Å². The number of carbonyl (C=O) groups excluding carboxylic acids is 1. The second-order valence-corrected chi connectivity index (χ2v) is 4.48. The highest BCUT2D eigenvalue weighted by atomic mass is 19.4. The number of anilines is 2. The van der Waals surface area contributed by atoms with Crippen LogP contribution in [0.15, 0.2) is 41.3 Å². The standard InChI is InChI=1S/C13H9F3N4O4/c14-13(15,16)7-5-9(11(21)17-6-7)19-12(22)18-8-3-1-2-4-10(8)20(23)24/h1-6H,(H,17,21)(H2,18,19,22). The fourth-order valence-corrected chi connectivity index (χ4v) is 1.75. The van der Waals surface area contributed by atoms with Gasteiger partial charge in [-0.2, -0.15) is 13.2 Å². The minimum atomic E-state index is -4.71. The van der Waals surface area contributed by atoms with Crippen LogP contribution in [0.25, 0.3) is 0 Å². The first-order valence-corrected chi connectivity index (χ1v) is 6.30. The molecule has 0 spiro atoms. The molecule has 8 nitrogen and oxygen atoms in total. The summed E-state index contributed by atoms with van der Waals surface area (Å²) in [5, 5.41) is 14.8. The van der Waals surface area contributed by atoms with Crippen LogP contribution in [0.2, 0.25) is 0 Å². The third-order valence-corrected chi connectivity index (χ3v) is 2.83. The molecule has 0 aliphatic rings. The molecule has 2 amide bonds. The Morgan fingerprint density at radius 2 is 1.79 bits per heavy atom. The average molecular weight is 342 g/mol. The van der Waals surface area contributed by atoms with E-state index in [-0.39, 0.29) is 5.69 Å². The molecule has 0 bridgehead atoms. The van der Waals surface area contributed by atoms with E-state index in [1.165, 1.54) is 18.2 Å². The highest BCUT2D eigenvalue weighted by Gasteiger charge is 2.31. The van der Waals surface area contributed by atoms with Crippen molar-refractivity contribution in [1.29, 1.82) is 0 Å². The highest BCUT2D eigenvalue weighted by molar-refractivity contribution is 6.01. The minimum absolute atomic E-state index is 0.177. The number of nitrogens with zero attached hydrogens (tertiary/aromatic N) is 1. The van der Waals surface area contributed by atoms with E-state index in [9.17, 15) is 32.9 Å². The number of benzene rings is 1. The van der Waals surface area contributed by atoms with Crippen molar-refractivity contribution in [2.75, 3.05) is 10.6 Å². The van der Waals surface area contributed by atoms with E-state index in [1.54, 1.807) is 0 Å². The number of aromatic amines is 1. The fraction of sp³-hybridized carbons (Fsp3) is 0.0769. The molecule has 0 unspecified atom stereocenters. The van der Waals surface area contributed by atoms with Gasteiger partial charge in [0.25, 0.3) is 11.2 Å². The first kappa shape index (κ1) is 17.0. The molecule has 0 fully saturated rings. The average Bonchev–Trinajstić information content (AvgIpc) is 2.48. The second-order valence-electron chi connectivity index (χ2n) is 4.48. The number of nitro groups is 1. The molecule has 2 aromatic rings. The summed E-state index contributed by atoms with van der Waals surface area (Å²) in [4.78, 5) is 35.2. The van der Waals surface area contributed by atoms with Crippen molar-refractivity contribution in [3.05, 3.63) is 62.6 Å². The maximum atomic E-state index is 12.6. The maximum absolute atomic E-state index is 12.6. The van der Waals surface area contributed by atoms with Gasteiger partial charge < -0.3 is 15.6 Å². The lowest BCUT2D eigenvalue weighted by molar-refractivity contribution is -0.383. The number of nitro benzene ring substituents is 1. The molecule has 126 valence electrons. The maximum Gasteiger partial charge on any atom is 0.417 e. The molecule has 1 heterocycles. The predicted octanol–water partition coefficient (Wildman–Crippen LogP) is 2.95. The van der Waals surface area contributed by atoms with Crippen molar-refractivity contribution in [2.24, 2.45) is 0 Å². The van der Waals surface area contributed by atoms with Crippen molar-refractivity contribution >= 4 is 23.1 Å². The number of amides is 2. The molecular formula is C13H9F3N4O4. The Morgan fingerprint density at radius 3 is 2.42 bits per heavy atom. The Morgan fingerprint density at radius 1 is 1.17 bits per heavy atom. The molecule has 0 aliphatic carbocycles. The SMILES string of the molecule is O=C(Nc1ccccc1[N+](=O)[O-])Nc1cc(C(F)(F)F)c[nH]c1=O. The number of rotatable bonds is 3. The highest BCUT2D eigenvalue weighted by Crippen LogP contribution is 2.29. The summed E-state index contributed by atoms with van der Waals surface area (Å²) in [6.45, 7) is 0. The third kappa shape index (κ3) is 3.88. The van der Waals surface area contributed by atoms with E-state index in [2.05, 4.69) is 5.32 Å². The van der Waals surface area contributed by atoms with Gasteiger partial charge in [-0.3, -0.25) is 14.9 Å². The normalized spacial score (nSPS) is 11.0. The number of H-pyrrole nitrogens is 1. The number of carbonyl (C=O) groups is 1. The van der Waals surface area contributed by atoms with Gasteiger partial charge in [-0.05, 0) is 12.1 Å². The van der Waals surface area contributed by atoms with E-state index in [0.717, 1.165) is 6.07 Å². The lowest BCUT2D eigenvalue weighted by Gasteiger charge is -2.10. The van der Waals surface area contributed by atoms with Crippen LogP contribution in [-0.4, -0.2) is 15.9 Å². The van der Waals surface area contributed by atoms with E-state index in [0.29, 0.717) is 12.3 Å². The molecular weight excluding hydrogens is 333 g/mol. The van der Waals surface area contributed by atoms with Crippen LogP contribution in [0, 0.1) is 10.1 Å². The largest absolute Gasteiger partial charge is 0.417 e. The summed E-state index contributed by atoms with van der Waals surface area (Å²) in [5.74, 6) is 0. The second kappa shape index (κ2) is 6.40. The van der Waals surface area contributed by atoms with E-state index in [4.69, 9.17) is 0 Å². The predicted molar refractivity (Wildman–Crippen MR) is 77.8 cm³/mol. The molecule has 11 heteroatoms. The summed E-state index contributed by atoms with van der Waals surface area (Å²) in [7, 11) is 0. The number of hydrogen-bond acceptors (Lipinski definition) is 4. The van der Waals surface area contributed by atoms with Crippen molar-refractivity contribution in [2.45, 2.75) is 6.18 Å². The Kier molecular flexibility index (Phi) is 4.53. The van der Waals surface area contributed by atoms with Crippen LogP contribution in [0.4, 0.5) is 35.0 Å². The van der Waals surface area contributed by atoms with Crippen LogP contribution >= 0.6 is 0 Å². The van der Waals surface area contributed by atoms with Gasteiger partial charge in [-0.15, -0.1) is 0 Å². The van der Waals surface area contributed by atoms with Gasteiger partial charge >= 0.3 is 12.2 Å². The van der Waals surface area contributed by atoms with Crippen LogP contribution in [-0.2, 0) is 6.18 Å². The summed E-state index contributed by atoms with van der Waals surface area (Å²) >= 11 is 0. The zero-order valence-electron chi connectivity index (χ0n) is 11.7. The van der Waals surface area contributed by atoms with Gasteiger partial charge in [0.2, 0.25) is 0 Å².